The molecule has 1 atom stereocenters. The van der Waals surface area contributed by atoms with Crippen molar-refractivity contribution >= 4 is 11.9 Å². The molecule has 0 saturated carbocycles. The molecule has 0 aliphatic rings. The first-order valence-electron chi connectivity index (χ1n) is 5.75. The molecule has 18 heavy (non-hydrogen) atoms. The Morgan fingerprint density at radius 2 is 2.00 bits per heavy atom. The number of nitrogens with one attached hydrogen (secondary N) is 2. The lowest BCUT2D eigenvalue weighted by atomic mass is 10.1. The van der Waals surface area contributed by atoms with Gasteiger partial charge in [-0.2, -0.15) is 5.26 Å². The van der Waals surface area contributed by atoms with E-state index in [1.807, 2.05) is 0 Å². The zero-order chi connectivity index (χ0) is 14.1. The molecule has 0 radical (unpaired) electrons. The topological polar surface area (TPSA) is 102 Å². The fraction of sp³-hybridized carbons (Fsp3) is 0.583. The Labute approximate surface area is 107 Å². The smallest absolute Gasteiger partial charge is 0.325 e. The number of carbonyl (C=O) groups is 2. The van der Waals surface area contributed by atoms with Crippen molar-refractivity contribution in [1.29, 1.82) is 5.26 Å². The first-order valence-corrected chi connectivity index (χ1v) is 5.75. The number of aliphatic carboxylic acids is 1. The van der Waals surface area contributed by atoms with Crippen LogP contribution in [0.2, 0.25) is 0 Å². The van der Waals surface area contributed by atoms with Crippen molar-refractivity contribution in [3.8, 4) is 6.07 Å². The summed E-state index contributed by atoms with van der Waals surface area (Å²) in [6.45, 7) is 6.13. The third kappa shape index (κ3) is 6.53. The van der Waals surface area contributed by atoms with Gasteiger partial charge in [0.1, 0.15) is 17.7 Å². The highest BCUT2D eigenvalue weighted by Crippen LogP contribution is 1.97. The van der Waals surface area contributed by atoms with Gasteiger partial charge < -0.3 is 15.7 Å². The van der Waals surface area contributed by atoms with E-state index in [9.17, 15) is 9.59 Å². The predicted octanol–water partition coefficient (Wildman–Crippen LogP) is 0.619. The van der Waals surface area contributed by atoms with E-state index in [-0.39, 0.29) is 5.57 Å². The summed E-state index contributed by atoms with van der Waals surface area (Å²) < 4.78 is 0. The minimum absolute atomic E-state index is 0.133. The molecule has 0 aromatic heterocycles. The summed E-state index contributed by atoms with van der Waals surface area (Å²) in [5, 5.41) is 22.5. The van der Waals surface area contributed by atoms with Crippen LogP contribution in [0.5, 0.6) is 0 Å². The van der Waals surface area contributed by atoms with E-state index in [4.69, 9.17) is 10.4 Å². The SMILES string of the molecule is CC(C)CCN/C=C(/C#N)C(=O)NC(C)C(=O)O. The number of rotatable bonds is 7. The second-order valence-corrected chi connectivity index (χ2v) is 4.34. The minimum Gasteiger partial charge on any atom is -0.480 e. The Balaban J connectivity index is 4.32. The summed E-state index contributed by atoms with van der Waals surface area (Å²) >= 11 is 0. The molecule has 0 spiro atoms. The predicted molar refractivity (Wildman–Crippen MR) is 66.4 cm³/mol. The van der Waals surface area contributed by atoms with Gasteiger partial charge in [-0.25, -0.2) is 0 Å². The van der Waals surface area contributed by atoms with Crippen molar-refractivity contribution in [3.05, 3.63) is 11.8 Å². The second kappa shape index (κ2) is 8.12. The maximum atomic E-state index is 11.5. The van der Waals surface area contributed by atoms with E-state index in [2.05, 4.69) is 24.5 Å². The molecule has 0 rings (SSSR count). The third-order valence-corrected chi connectivity index (χ3v) is 2.20. The lowest BCUT2D eigenvalue weighted by Gasteiger charge is -2.09. The Morgan fingerprint density at radius 3 is 2.44 bits per heavy atom. The molecule has 0 bridgehead atoms. The average molecular weight is 253 g/mol. The Hall–Kier alpha value is -2.03. The highest BCUT2D eigenvalue weighted by molar-refractivity contribution is 5.98. The van der Waals surface area contributed by atoms with Crippen LogP contribution in [0.1, 0.15) is 27.2 Å². The van der Waals surface area contributed by atoms with Gasteiger partial charge in [-0.05, 0) is 19.3 Å². The van der Waals surface area contributed by atoms with E-state index in [1.165, 1.54) is 13.1 Å². The van der Waals surface area contributed by atoms with Crippen molar-refractivity contribution in [2.24, 2.45) is 5.92 Å². The number of nitrogens with zero attached hydrogens (tertiary/aromatic N) is 1. The molecule has 3 N–H and O–H groups in total. The highest BCUT2D eigenvalue weighted by atomic mass is 16.4. The Kier molecular flexibility index (Phi) is 7.20. The number of carboxylic acids is 1. The normalized spacial score (nSPS) is 12.7. The van der Waals surface area contributed by atoms with E-state index < -0.39 is 17.9 Å². The largest absolute Gasteiger partial charge is 0.480 e. The van der Waals surface area contributed by atoms with Crippen LogP contribution in [0, 0.1) is 17.2 Å². The van der Waals surface area contributed by atoms with Gasteiger partial charge in [-0.15, -0.1) is 0 Å². The van der Waals surface area contributed by atoms with Gasteiger partial charge in [0.15, 0.2) is 0 Å². The van der Waals surface area contributed by atoms with Gasteiger partial charge >= 0.3 is 5.97 Å². The lowest BCUT2D eigenvalue weighted by molar-refractivity contribution is -0.140. The van der Waals surface area contributed by atoms with Gasteiger partial charge in [-0.1, -0.05) is 13.8 Å². The van der Waals surface area contributed by atoms with Crippen LogP contribution in [-0.4, -0.2) is 29.6 Å². The standard InChI is InChI=1S/C12H19N3O3/c1-8(2)4-5-14-7-10(6-13)11(16)15-9(3)12(17)18/h7-9,14H,4-5H2,1-3H3,(H,15,16)(H,17,18)/b10-7-. The zero-order valence-electron chi connectivity index (χ0n) is 10.9. The highest BCUT2D eigenvalue weighted by Gasteiger charge is 2.16. The molecule has 1 amide bonds. The zero-order valence-corrected chi connectivity index (χ0v) is 10.9. The molecular formula is C12H19N3O3. The molecule has 0 fully saturated rings. The molecule has 0 aliphatic heterocycles. The van der Waals surface area contributed by atoms with Crippen LogP contribution < -0.4 is 10.6 Å². The van der Waals surface area contributed by atoms with E-state index in [0.29, 0.717) is 12.5 Å². The Morgan fingerprint density at radius 1 is 1.39 bits per heavy atom. The van der Waals surface area contributed by atoms with Crippen LogP contribution in [-0.2, 0) is 9.59 Å². The van der Waals surface area contributed by atoms with Crippen LogP contribution >= 0.6 is 0 Å². The molecule has 0 saturated heterocycles. The summed E-state index contributed by atoms with van der Waals surface area (Å²) in [6.07, 6.45) is 2.23. The molecule has 6 nitrogen and oxygen atoms in total. The van der Waals surface area contributed by atoms with Gasteiger partial charge in [0, 0.05) is 12.7 Å². The monoisotopic (exact) mass is 253 g/mol. The summed E-state index contributed by atoms with van der Waals surface area (Å²) in [7, 11) is 0. The van der Waals surface area contributed by atoms with Gasteiger partial charge in [0.2, 0.25) is 0 Å². The average Bonchev–Trinajstić information content (AvgIpc) is 2.28. The molecule has 0 aromatic rings. The summed E-state index contributed by atoms with van der Waals surface area (Å²) in [4.78, 5) is 22.1. The number of nitriles is 1. The second-order valence-electron chi connectivity index (χ2n) is 4.34. The fourth-order valence-electron chi connectivity index (χ4n) is 1.03. The molecule has 0 aliphatic carbocycles. The van der Waals surface area contributed by atoms with Crippen LogP contribution in [0.3, 0.4) is 0 Å². The first-order chi connectivity index (χ1) is 8.38. The molecule has 0 aromatic carbocycles. The number of carbonyl (C=O) groups excluding carboxylic acids is 1. The lowest BCUT2D eigenvalue weighted by Crippen LogP contribution is -2.39. The molecule has 0 heterocycles. The van der Waals surface area contributed by atoms with Crippen molar-refractivity contribution in [2.45, 2.75) is 33.2 Å². The Bertz CT molecular complexity index is 369. The molecular weight excluding hydrogens is 234 g/mol. The minimum atomic E-state index is -1.14. The molecule has 100 valence electrons. The van der Waals surface area contributed by atoms with Crippen LogP contribution in [0.25, 0.3) is 0 Å². The van der Waals surface area contributed by atoms with E-state index in [1.54, 1.807) is 6.07 Å². The van der Waals surface area contributed by atoms with Gasteiger partial charge in [0.05, 0.1) is 0 Å². The van der Waals surface area contributed by atoms with Crippen molar-refractivity contribution in [1.82, 2.24) is 10.6 Å². The summed E-state index contributed by atoms with van der Waals surface area (Å²) in [5.41, 5.74) is -0.133. The number of carboxylic acid groups (broad SMARTS) is 1. The quantitative estimate of drug-likeness (QED) is 0.350. The number of amides is 1. The molecule has 6 heteroatoms. The third-order valence-electron chi connectivity index (χ3n) is 2.20. The van der Waals surface area contributed by atoms with Gasteiger partial charge in [-0.3, -0.25) is 9.59 Å². The maximum Gasteiger partial charge on any atom is 0.325 e. The number of hydrogen-bond donors (Lipinski definition) is 3. The van der Waals surface area contributed by atoms with Crippen LogP contribution in [0.15, 0.2) is 11.8 Å². The van der Waals surface area contributed by atoms with E-state index in [0.717, 1.165) is 6.42 Å². The maximum absolute atomic E-state index is 11.5. The summed E-state index contributed by atoms with van der Waals surface area (Å²) in [6, 6.07) is 0.705. The van der Waals surface area contributed by atoms with E-state index >= 15 is 0 Å². The van der Waals surface area contributed by atoms with Gasteiger partial charge in [0.25, 0.3) is 5.91 Å². The number of hydrogen-bond acceptors (Lipinski definition) is 4. The molecule has 1 unspecified atom stereocenters. The van der Waals surface area contributed by atoms with Crippen LogP contribution in [0.4, 0.5) is 0 Å². The van der Waals surface area contributed by atoms with Crippen molar-refractivity contribution in [3.63, 3.8) is 0 Å². The summed E-state index contributed by atoms with van der Waals surface area (Å²) in [5.74, 6) is -1.31. The van der Waals surface area contributed by atoms with Crippen molar-refractivity contribution in [2.75, 3.05) is 6.54 Å². The van der Waals surface area contributed by atoms with Crippen molar-refractivity contribution < 1.29 is 14.7 Å². The fourth-order valence-corrected chi connectivity index (χ4v) is 1.03. The first kappa shape index (κ1) is 16.0.